The van der Waals surface area contributed by atoms with Crippen LogP contribution in [-0.2, 0) is 16.0 Å². The number of anilines is 2. The Hall–Kier alpha value is -2.47. The Morgan fingerprint density at radius 3 is 2.54 bits per heavy atom. The number of aryl methyl sites for hydroxylation is 2. The van der Waals surface area contributed by atoms with Crippen molar-refractivity contribution >= 4 is 35.0 Å². The number of hydrogen-bond acceptors (Lipinski definition) is 4. The largest absolute Gasteiger partial charge is 0.492 e. The zero-order valence-corrected chi connectivity index (χ0v) is 17.7. The number of carbonyl (C=O) groups is 2. The quantitative estimate of drug-likeness (QED) is 0.643. The molecule has 0 saturated heterocycles. The van der Waals surface area contributed by atoms with Gasteiger partial charge in [-0.05, 0) is 50.5 Å². The van der Waals surface area contributed by atoms with Gasteiger partial charge in [0.15, 0.2) is 0 Å². The molecular formula is C22H28N2O3S. The molecule has 0 bridgehead atoms. The summed E-state index contributed by atoms with van der Waals surface area (Å²) in [6.45, 7) is 8.28. The Morgan fingerprint density at radius 1 is 1.07 bits per heavy atom. The zero-order valence-electron chi connectivity index (χ0n) is 16.9. The van der Waals surface area contributed by atoms with Gasteiger partial charge in [0.1, 0.15) is 5.75 Å². The number of benzene rings is 2. The van der Waals surface area contributed by atoms with Gasteiger partial charge >= 0.3 is 0 Å². The van der Waals surface area contributed by atoms with Crippen LogP contribution in [0.4, 0.5) is 11.4 Å². The molecule has 0 aliphatic carbocycles. The third-order valence-corrected chi connectivity index (χ3v) is 5.43. The second-order valence-corrected chi connectivity index (χ2v) is 7.71. The van der Waals surface area contributed by atoms with E-state index in [0.29, 0.717) is 18.0 Å². The van der Waals surface area contributed by atoms with Crippen LogP contribution in [0.25, 0.3) is 0 Å². The van der Waals surface area contributed by atoms with Crippen LogP contribution in [0, 0.1) is 6.92 Å². The van der Waals surface area contributed by atoms with E-state index in [1.54, 1.807) is 6.07 Å². The summed E-state index contributed by atoms with van der Waals surface area (Å²) in [7, 11) is 0. The van der Waals surface area contributed by atoms with E-state index < -0.39 is 0 Å². The monoisotopic (exact) mass is 400 g/mol. The van der Waals surface area contributed by atoms with E-state index >= 15 is 0 Å². The minimum absolute atomic E-state index is 0.100. The van der Waals surface area contributed by atoms with Crippen molar-refractivity contribution in [3.05, 3.63) is 53.6 Å². The van der Waals surface area contributed by atoms with E-state index in [1.165, 1.54) is 11.8 Å². The Kier molecular flexibility index (Phi) is 8.39. The second-order valence-electron chi connectivity index (χ2n) is 6.38. The number of ether oxygens (including phenoxy) is 1. The van der Waals surface area contributed by atoms with Gasteiger partial charge in [-0.3, -0.25) is 9.59 Å². The minimum atomic E-state index is -0.350. The van der Waals surface area contributed by atoms with E-state index in [9.17, 15) is 9.59 Å². The number of carbonyl (C=O) groups excluding carboxylic acids is 2. The number of hydrogen-bond donors (Lipinski definition) is 2. The van der Waals surface area contributed by atoms with Gasteiger partial charge in [0.25, 0.3) is 0 Å². The molecule has 28 heavy (non-hydrogen) atoms. The zero-order chi connectivity index (χ0) is 20.5. The lowest BCUT2D eigenvalue weighted by molar-refractivity contribution is -0.115. The standard InChI is InChI=1S/C22H28N2O3S/c1-5-17-11-9-10-15(3)21(17)24-22(26)16(4)28-14-20(25)23-18-12-7-8-13-19(18)27-6-2/h7-13,16H,5-6,14H2,1-4H3,(H,23,25)(H,24,26)/t16-/m0/s1. The summed E-state index contributed by atoms with van der Waals surface area (Å²) >= 11 is 1.30. The Balaban J connectivity index is 1.90. The van der Waals surface area contributed by atoms with Crippen molar-refractivity contribution in [2.24, 2.45) is 0 Å². The second kappa shape index (κ2) is 10.8. The van der Waals surface area contributed by atoms with Gasteiger partial charge in [-0.25, -0.2) is 0 Å². The molecule has 0 saturated carbocycles. The Bertz CT molecular complexity index is 823. The molecular weight excluding hydrogens is 372 g/mol. The summed E-state index contributed by atoms with van der Waals surface area (Å²) in [4.78, 5) is 24.8. The van der Waals surface area contributed by atoms with E-state index in [1.807, 2.05) is 57.2 Å². The van der Waals surface area contributed by atoms with Crippen LogP contribution in [0.5, 0.6) is 5.75 Å². The molecule has 5 nitrogen and oxygen atoms in total. The molecule has 0 fully saturated rings. The molecule has 2 amide bonds. The Labute approximate surface area is 171 Å². The number of thioether (sulfide) groups is 1. The summed E-state index contributed by atoms with van der Waals surface area (Å²) < 4.78 is 5.52. The number of amides is 2. The minimum Gasteiger partial charge on any atom is -0.492 e. The van der Waals surface area contributed by atoms with Gasteiger partial charge in [-0.2, -0.15) is 0 Å². The highest BCUT2D eigenvalue weighted by Crippen LogP contribution is 2.25. The Morgan fingerprint density at radius 2 is 1.82 bits per heavy atom. The van der Waals surface area contributed by atoms with Crippen LogP contribution in [0.15, 0.2) is 42.5 Å². The summed E-state index contributed by atoms with van der Waals surface area (Å²) in [5.41, 5.74) is 3.66. The molecule has 6 heteroatoms. The molecule has 0 aliphatic rings. The maximum absolute atomic E-state index is 12.6. The van der Waals surface area contributed by atoms with Gasteiger partial charge in [0, 0.05) is 5.69 Å². The van der Waals surface area contributed by atoms with E-state index in [-0.39, 0.29) is 22.8 Å². The number of para-hydroxylation sites is 3. The predicted octanol–water partition coefficient (Wildman–Crippen LogP) is 4.66. The molecule has 0 unspecified atom stereocenters. The van der Waals surface area contributed by atoms with Gasteiger partial charge in [-0.1, -0.05) is 37.3 Å². The highest BCUT2D eigenvalue weighted by molar-refractivity contribution is 8.01. The van der Waals surface area contributed by atoms with E-state index in [4.69, 9.17) is 4.74 Å². The molecule has 0 aromatic heterocycles. The van der Waals surface area contributed by atoms with Crippen LogP contribution >= 0.6 is 11.8 Å². The van der Waals surface area contributed by atoms with Gasteiger partial charge in [0.2, 0.25) is 11.8 Å². The maximum atomic E-state index is 12.6. The fourth-order valence-electron chi connectivity index (χ4n) is 2.74. The van der Waals surface area contributed by atoms with Crippen molar-refractivity contribution in [3.63, 3.8) is 0 Å². The molecule has 0 radical (unpaired) electrons. The van der Waals surface area contributed by atoms with E-state index in [0.717, 1.165) is 23.2 Å². The van der Waals surface area contributed by atoms with Crippen LogP contribution in [0.3, 0.4) is 0 Å². The van der Waals surface area contributed by atoms with Crippen molar-refractivity contribution in [1.82, 2.24) is 0 Å². The van der Waals surface area contributed by atoms with Crippen LogP contribution < -0.4 is 15.4 Å². The van der Waals surface area contributed by atoms with Gasteiger partial charge in [-0.15, -0.1) is 11.8 Å². The maximum Gasteiger partial charge on any atom is 0.237 e. The molecule has 2 rings (SSSR count). The molecule has 2 N–H and O–H groups in total. The normalized spacial score (nSPS) is 11.6. The van der Waals surface area contributed by atoms with Crippen LogP contribution in [0.1, 0.15) is 31.9 Å². The van der Waals surface area contributed by atoms with Crippen molar-refractivity contribution in [2.75, 3.05) is 23.0 Å². The topological polar surface area (TPSA) is 67.4 Å². The highest BCUT2D eigenvalue weighted by Gasteiger charge is 2.18. The molecule has 0 aliphatic heterocycles. The van der Waals surface area contributed by atoms with Gasteiger partial charge in [0.05, 0.1) is 23.3 Å². The van der Waals surface area contributed by atoms with Crippen LogP contribution in [0.2, 0.25) is 0 Å². The SMILES string of the molecule is CCOc1ccccc1NC(=O)CS[C@@H](C)C(=O)Nc1c(C)cccc1CC. The lowest BCUT2D eigenvalue weighted by Gasteiger charge is -2.16. The summed E-state index contributed by atoms with van der Waals surface area (Å²) in [5, 5.41) is 5.52. The molecule has 2 aromatic rings. The molecule has 0 heterocycles. The van der Waals surface area contributed by atoms with Crippen molar-refractivity contribution in [3.8, 4) is 5.75 Å². The summed E-state index contributed by atoms with van der Waals surface area (Å²) in [6, 6.07) is 13.3. The molecule has 1 atom stereocenters. The summed E-state index contributed by atoms with van der Waals surface area (Å²) in [5.74, 6) is 0.558. The lowest BCUT2D eigenvalue weighted by Crippen LogP contribution is -2.26. The molecule has 0 spiro atoms. The van der Waals surface area contributed by atoms with Gasteiger partial charge < -0.3 is 15.4 Å². The fraction of sp³-hybridized carbons (Fsp3) is 0.364. The first-order chi connectivity index (χ1) is 13.5. The third kappa shape index (κ3) is 6.02. The van der Waals surface area contributed by atoms with Crippen LogP contribution in [-0.4, -0.2) is 29.4 Å². The van der Waals surface area contributed by atoms with Crippen molar-refractivity contribution in [2.45, 2.75) is 39.4 Å². The third-order valence-electron chi connectivity index (χ3n) is 4.28. The number of nitrogens with one attached hydrogen (secondary N) is 2. The predicted molar refractivity (Wildman–Crippen MR) is 117 cm³/mol. The first-order valence-electron chi connectivity index (χ1n) is 9.48. The van der Waals surface area contributed by atoms with Crippen molar-refractivity contribution < 1.29 is 14.3 Å². The first-order valence-corrected chi connectivity index (χ1v) is 10.5. The molecule has 2 aromatic carbocycles. The average Bonchev–Trinajstić information content (AvgIpc) is 2.69. The van der Waals surface area contributed by atoms with Crippen molar-refractivity contribution in [1.29, 1.82) is 0 Å². The van der Waals surface area contributed by atoms with E-state index in [2.05, 4.69) is 17.6 Å². The summed E-state index contributed by atoms with van der Waals surface area (Å²) in [6.07, 6.45) is 0.848. The first kappa shape index (κ1) is 21.8. The fourth-order valence-corrected chi connectivity index (χ4v) is 3.42. The number of rotatable bonds is 9. The smallest absolute Gasteiger partial charge is 0.237 e. The average molecular weight is 401 g/mol. The highest BCUT2D eigenvalue weighted by atomic mass is 32.2. The lowest BCUT2D eigenvalue weighted by atomic mass is 10.1. The molecule has 150 valence electrons.